The maximum absolute atomic E-state index is 11.8. The minimum Gasteiger partial charge on any atom is -0.482 e. The summed E-state index contributed by atoms with van der Waals surface area (Å²) in [5.41, 5.74) is 8.15. The van der Waals surface area contributed by atoms with E-state index in [0.29, 0.717) is 12.2 Å². The predicted molar refractivity (Wildman–Crippen MR) is 107 cm³/mol. The van der Waals surface area contributed by atoms with Crippen molar-refractivity contribution in [1.29, 1.82) is 0 Å². The topological polar surface area (TPSA) is 73.9 Å². The number of hydrogen-bond acceptors (Lipinski definition) is 4. The van der Waals surface area contributed by atoms with Crippen molar-refractivity contribution in [2.45, 2.75) is 19.8 Å². The van der Waals surface area contributed by atoms with Gasteiger partial charge in [0.15, 0.2) is 6.61 Å². The van der Waals surface area contributed by atoms with Crippen molar-refractivity contribution in [3.05, 3.63) is 77.9 Å². The molecule has 27 heavy (non-hydrogen) atoms. The molecule has 0 bridgehead atoms. The van der Waals surface area contributed by atoms with Crippen LogP contribution in [0.2, 0.25) is 0 Å². The van der Waals surface area contributed by atoms with Gasteiger partial charge >= 0.3 is 5.97 Å². The predicted octanol–water partition coefficient (Wildman–Crippen LogP) is 3.84. The Morgan fingerprint density at radius 3 is 2.52 bits per heavy atom. The van der Waals surface area contributed by atoms with Crippen molar-refractivity contribution in [3.63, 3.8) is 0 Å². The number of oxime groups is 1. The molecule has 0 unspecified atom stereocenters. The first-order valence-electron chi connectivity index (χ1n) is 8.86. The molecule has 3 aromatic carbocycles. The van der Waals surface area contributed by atoms with Crippen LogP contribution in [0.15, 0.2) is 71.9 Å². The lowest BCUT2D eigenvalue weighted by molar-refractivity contribution is -0.146. The van der Waals surface area contributed by atoms with Crippen LogP contribution in [-0.2, 0) is 22.5 Å². The first-order valence-corrected chi connectivity index (χ1v) is 8.86. The number of carbonyl (C=O) groups is 1. The van der Waals surface area contributed by atoms with E-state index in [4.69, 9.17) is 15.3 Å². The summed E-state index contributed by atoms with van der Waals surface area (Å²) in [5, 5.41) is 5.96. The van der Waals surface area contributed by atoms with Crippen LogP contribution in [-0.4, -0.2) is 18.4 Å². The molecular formula is C22H22N2O3. The van der Waals surface area contributed by atoms with Gasteiger partial charge in [0, 0.05) is 6.42 Å². The molecule has 0 heterocycles. The number of amidine groups is 1. The fourth-order valence-corrected chi connectivity index (χ4v) is 2.77. The summed E-state index contributed by atoms with van der Waals surface area (Å²) in [6.07, 6.45) is 1.35. The van der Waals surface area contributed by atoms with Gasteiger partial charge in [0.05, 0.1) is 0 Å². The van der Waals surface area contributed by atoms with Crippen molar-refractivity contribution in [1.82, 2.24) is 0 Å². The van der Waals surface area contributed by atoms with E-state index in [-0.39, 0.29) is 12.4 Å². The molecule has 138 valence electrons. The zero-order valence-corrected chi connectivity index (χ0v) is 15.2. The summed E-state index contributed by atoms with van der Waals surface area (Å²) >= 11 is 0. The monoisotopic (exact) mass is 362 g/mol. The number of nitrogens with two attached hydrogens (primary N) is 1. The van der Waals surface area contributed by atoms with E-state index >= 15 is 0 Å². The largest absolute Gasteiger partial charge is 0.482 e. The summed E-state index contributed by atoms with van der Waals surface area (Å²) in [6.45, 7) is 1.85. The van der Waals surface area contributed by atoms with Crippen molar-refractivity contribution in [2.75, 3.05) is 6.61 Å². The van der Waals surface area contributed by atoms with Crippen molar-refractivity contribution in [2.24, 2.45) is 10.9 Å². The number of nitrogens with zero attached hydrogens (tertiary/aromatic N) is 1. The Bertz CT molecular complexity index is 944. The molecule has 0 spiro atoms. The van der Waals surface area contributed by atoms with Gasteiger partial charge in [-0.2, -0.15) is 0 Å². The van der Waals surface area contributed by atoms with E-state index in [1.807, 2.05) is 66.7 Å². The number of rotatable bonds is 7. The second kappa shape index (κ2) is 8.85. The Balaban J connectivity index is 1.54. The molecule has 0 saturated carbocycles. The summed E-state index contributed by atoms with van der Waals surface area (Å²) < 4.78 is 5.39. The molecule has 0 aliphatic heterocycles. The molecule has 3 rings (SSSR count). The zero-order valence-electron chi connectivity index (χ0n) is 15.2. The number of ether oxygens (including phenoxy) is 1. The van der Waals surface area contributed by atoms with E-state index in [0.717, 1.165) is 22.8 Å². The minimum absolute atomic E-state index is 0.226. The number of aryl methyl sites for hydroxylation is 1. The second-order valence-corrected chi connectivity index (χ2v) is 6.15. The molecule has 0 radical (unpaired) electrons. The standard InChI is InChI=1S/C22H22N2O3/c1-2-16-10-12-19(13-11-16)26-15-22(25)27-24-21(23)14-18-8-5-7-17-6-3-4-9-20(17)18/h3-13H,2,14-15H2,1H3,(H2,23,24). The van der Waals surface area contributed by atoms with Gasteiger partial charge < -0.3 is 15.3 Å². The number of fused-ring (bicyclic) bond motifs is 1. The number of carbonyl (C=O) groups excluding carboxylic acids is 1. The van der Waals surface area contributed by atoms with Crippen molar-refractivity contribution >= 4 is 22.6 Å². The molecular weight excluding hydrogens is 340 g/mol. The van der Waals surface area contributed by atoms with Crippen LogP contribution in [0.4, 0.5) is 0 Å². The van der Waals surface area contributed by atoms with Crippen LogP contribution in [0, 0.1) is 0 Å². The Morgan fingerprint density at radius 1 is 1.00 bits per heavy atom. The average Bonchev–Trinajstić information content (AvgIpc) is 2.71. The van der Waals surface area contributed by atoms with Crippen LogP contribution in [0.5, 0.6) is 5.75 Å². The third-order valence-corrected chi connectivity index (χ3v) is 4.20. The lowest BCUT2D eigenvalue weighted by Gasteiger charge is -2.07. The van der Waals surface area contributed by atoms with Gasteiger partial charge in [-0.15, -0.1) is 0 Å². The lowest BCUT2D eigenvalue weighted by Crippen LogP contribution is -2.19. The number of hydrogen-bond donors (Lipinski definition) is 1. The molecule has 0 aliphatic rings. The van der Waals surface area contributed by atoms with Gasteiger partial charge in [-0.3, -0.25) is 0 Å². The third kappa shape index (κ3) is 5.07. The molecule has 2 N–H and O–H groups in total. The second-order valence-electron chi connectivity index (χ2n) is 6.15. The number of benzene rings is 3. The first kappa shape index (κ1) is 18.5. The zero-order chi connectivity index (χ0) is 19.1. The molecule has 0 atom stereocenters. The highest BCUT2D eigenvalue weighted by Gasteiger charge is 2.07. The highest BCUT2D eigenvalue weighted by atomic mass is 16.7. The van der Waals surface area contributed by atoms with Crippen LogP contribution in [0.3, 0.4) is 0 Å². The van der Waals surface area contributed by atoms with Gasteiger partial charge in [-0.05, 0) is 40.5 Å². The smallest absolute Gasteiger partial charge is 0.372 e. The molecule has 5 heteroatoms. The maximum Gasteiger partial charge on any atom is 0.372 e. The third-order valence-electron chi connectivity index (χ3n) is 4.20. The van der Waals surface area contributed by atoms with Crippen LogP contribution < -0.4 is 10.5 Å². The van der Waals surface area contributed by atoms with Crippen LogP contribution in [0.25, 0.3) is 10.8 Å². The van der Waals surface area contributed by atoms with Gasteiger partial charge in [0.25, 0.3) is 0 Å². The lowest BCUT2D eigenvalue weighted by atomic mass is 10.0. The van der Waals surface area contributed by atoms with E-state index in [1.165, 1.54) is 5.56 Å². The highest BCUT2D eigenvalue weighted by Crippen LogP contribution is 2.19. The molecule has 0 amide bonds. The van der Waals surface area contributed by atoms with Crippen LogP contribution >= 0.6 is 0 Å². The summed E-state index contributed by atoms with van der Waals surface area (Å²) in [5.74, 6) is 0.235. The SMILES string of the molecule is CCc1ccc(OCC(=O)O/N=C(\N)Cc2cccc3ccccc23)cc1. The summed E-state index contributed by atoms with van der Waals surface area (Å²) in [6, 6.07) is 21.6. The van der Waals surface area contributed by atoms with E-state index in [2.05, 4.69) is 12.1 Å². The van der Waals surface area contributed by atoms with Gasteiger partial charge in [-0.25, -0.2) is 4.79 Å². The Morgan fingerprint density at radius 2 is 1.74 bits per heavy atom. The van der Waals surface area contributed by atoms with Gasteiger partial charge in [0.1, 0.15) is 11.6 Å². The van der Waals surface area contributed by atoms with E-state index in [1.54, 1.807) is 0 Å². The van der Waals surface area contributed by atoms with E-state index < -0.39 is 5.97 Å². The molecule has 3 aromatic rings. The van der Waals surface area contributed by atoms with Gasteiger partial charge in [0.2, 0.25) is 0 Å². The molecule has 0 aromatic heterocycles. The summed E-state index contributed by atoms with van der Waals surface area (Å²) in [4.78, 5) is 16.7. The fourth-order valence-electron chi connectivity index (χ4n) is 2.77. The van der Waals surface area contributed by atoms with E-state index in [9.17, 15) is 4.79 Å². The molecule has 0 saturated heterocycles. The fraction of sp³-hybridized carbons (Fsp3) is 0.182. The highest BCUT2D eigenvalue weighted by molar-refractivity contribution is 5.91. The Kier molecular flexibility index (Phi) is 6.05. The minimum atomic E-state index is -0.601. The molecule has 0 aliphatic carbocycles. The first-order chi connectivity index (χ1) is 13.2. The average molecular weight is 362 g/mol. The van der Waals surface area contributed by atoms with Gasteiger partial charge in [-0.1, -0.05) is 66.7 Å². The Labute approximate surface area is 158 Å². The Hall–Kier alpha value is -3.34. The maximum atomic E-state index is 11.8. The van der Waals surface area contributed by atoms with Crippen molar-refractivity contribution in [3.8, 4) is 5.75 Å². The normalized spacial score (nSPS) is 11.4. The molecule has 0 fully saturated rings. The molecule has 5 nitrogen and oxygen atoms in total. The van der Waals surface area contributed by atoms with Crippen LogP contribution in [0.1, 0.15) is 18.1 Å². The van der Waals surface area contributed by atoms with Crippen molar-refractivity contribution < 1.29 is 14.4 Å². The quantitative estimate of drug-likeness (QED) is 0.300. The summed E-state index contributed by atoms with van der Waals surface area (Å²) in [7, 11) is 0.